The second kappa shape index (κ2) is 5.26. The lowest BCUT2D eigenvalue weighted by molar-refractivity contribution is -0.0501. The summed E-state index contributed by atoms with van der Waals surface area (Å²) >= 11 is 0. The van der Waals surface area contributed by atoms with E-state index in [1.165, 1.54) is 0 Å². The number of carbonyl (C=O) groups excluding carboxylic acids is 1. The highest BCUT2D eigenvalue weighted by Crippen LogP contribution is 2.28. The highest BCUT2D eigenvalue weighted by Gasteiger charge is 2.46. The van der Waals surface area contributed by atoms with Crippen LogP contribution in [-0.2, 0) is 4.74 Å². The zero-order valence-corrected chi connectivity index (χ0v) is 12.0. The first-order valence-corrected chi connectivity index (χ1v) is 6.99. The van der Waals surface area contributed by atoms with Crippen LogP contribution < -0.4 is 10.6 Å². The van der Waals surface area contributed by atoms with E-state index in [1.807, 2.05) is 25.7 Å². The van der Waals surface area contributed by atoms with E-state index in [9.17, 15) is 9.90 Å². The molecule has 3 N–H and O–H groups in total. The zero-order chi connectivity index (χ0) is 14.1. The Kier molecular flexibility index (Phi) is 4.03. The molecule has 0 spiro atoms. The molecule has 0 aromatic heterocycles. The van der Waals surface area contributed by atoms with Crippen molar-refractivity contribution in [3.05, 3.63) is 0 Å². The Labute approximate surface area is 114 Å². The van der Waals surface area contributed by atoms with Crippen molar-refractivity contribution in [2.24, 2.45) is 0 Å². The topological polar surface area (TPSA) is 73.8 Å². The zero-order valence-electron chi connectivity index (χ0n) is 12.0. The Hall–Kier alpha value is -0.850. The molecule has 1 amide bonds. The number of likely N-dealkylation sites (tertiary alicyclic amines) is 1. The summed E-state index contributed by atoms with van der Waals surface area (Å²) in [5.74, 6) is 0. The number of amides is 1. The first-order valence-electron chi connectivity index (χ1n) is 6.99. The van der Waals surface area contributed by atoms with Crippen molar-refractivity contribution in [1.82, 2.24) is 15.5 Å². The van der Waals surface area contributed by atoms with Crippen LogP contribution in [0.5, 0.6) is 0 Å². The van der Waals surface area contributed by atoms with Gasteiger partial charge in [0.25, 0.3) is 0 Å². The predicted octanol–water partition coefficient (Wildman–Crippen LogP) is 0.615. The third-order valence-corrected chi connectivity index (χ3v) is 3.64. The Morgan fingerprint density at radius 2 is 2.26 bits per heavy atom. The number of carbonyl (C=O) groups is 1. The summed E-state index contributed by atoms with van der Waals surface area (Å²) < 4.78 is 5.33. The van der Waals surface area contributed by atoms with Crippen LogP contribution in [0.1, 0.15) is 40.0 Å². The van der Waals surface area contributed by atoms with Gasteiger partial charge in [0.15, 0.2) is 0 Å². The summed E-state index contributed by atoms with van der Waals surface area (Å²) in [6.07, 6.45) is 1.60. The van der Waals surface area contributed by atoms with Crippen LogP contribution in [0.3, 0.4) is 0 Å². The van der Waals surface area contributed by atoms with Crippen LogP contribution in [0.2, 0.25) is 0 Å². The molecule has 2 heterocycles. The minimum absolute atomic E-state index is 0.421. The molecule has 0 bridgehead atoms. The summed E-state index contributed by atoms with van der Waals surface area (Å²) in [5, 5.41) is 16.3. The van der Waals surface area contributed by atoms with Gasteiger partial charge in [-0.25, -0.2) is 4.79 Å². The SMILES string of the molecule is CC(C)(C)OC(=O)NC1(N2CCCC2O)CCNC1. The van der Waals surface area contributed by atoms with E-state index < -0.39 is 23.6 Å². The van der Waals surface area contributed by atoms with Gasteiger partial charge >= 0.3 is 6.09 Å². The Morgan fingerprint density at radius 1 is 1.53 bits per heavy atom. The monoisotopic (exact) mass is 271 g/mol. The molecule has 6 nitrogen and oxygen atoms in total. The molecular weight excluding hydrogens is 246 g/mol. The van der Waals surface area contributed by atoms with Crippen molar-refractivity contribution >= 4 is 6.09 Å². The van der Waals surface area contributed by atoms with Crippen molar-refractivity contribution in [1.29, 1.82) is 0 Å². The van der Waals surface area contributed by atoms with Gasteiger partial charge in [0, 0.05) is 13.1 Å². The molecule has 110 valence electrons. The first kappa shape index (κ1) is 14.6. The summed E-state index contributed by atoms with van der Waals surface area (Å²) in [5.41, 5.74) is -1.03. The highest BCUT2D eigenvalue weighted by atomic mass is 16.6. The maximum Gasteiger partial charge on any atom is 0.409 e. The maximum absolute atomic E-state index is 12.0. The number of alkyl carbamates (subject to hydrolysis) is 1. The summed E-state index contributed by atoms with van der Waals surface area (Å²) in [6.45, 7) is 7.81. The van der Waals surface area contributed by atoms with Gasteiger partial charge in [-0.15, -0.1) is 0 Å². The predicted molar refractivity (Wildman–Crippen MR) is 71.5 cm³/mol. The molecule has 2 atom stereocenters. The molecule has 0 aromatic carbocycles. The van der Waals surface area contributed by atoms with E-state index in [1.54, 1.807) is 0 Å². The second-order valence-electron chi connectivity index (χ2n) is 6.40. The average Bonchev–Trinajstić information content (AvgIpc) is 2.84. The number of aliphatic hydroxyl groups is 1. The smallest absolute Gasteiger partial charge is 0.409 e. The third kappa shape index (κ3) is 3.38. The summed E-state index contributed by atoms with van der Waals surface area (Å²) in [7, 11) is 0. The standard InChI is InChI=1S/C13H25N3O3/c1-12(2,3)19-11(18)15-13(6-7-14-9-13)16-8-4-5-10(16)17/h10,14,17H,4-9H2,1-3H3,(H,15,18). The Morgan fingerprint density at radius 3 is 2.74 bits per heavy atom. The van der Waals surface area contributed by atoms with Crippen LogP contribution in [0.25, 0.3) is 0 Å². The van der Waals surface area contributed by atoms with E-state index in [4.69, 9.17) is 4.74 Å². The van der Waals surface area contributed by atoms with Crippen LogP contribution in [0.4, 0.5) is 4.79 Å². The normalized spacial score (nSPS) is 32.5. The van der Waals surface area contributed by atoms with Crippen LogP contribution in [0, 0.1) is 0 Å². The number of nitrogens with one attached hydrogen (secondary N) is 2. The highest BCUT2D eigenvalue weighted by molar-refractivity contribution is 5.68. The number of ether oxygens (including phenoxy) is 1. The quantitative estimate of drug-likeness (QED) is 0.686. The molecule has 2 unspecified atom stereocenters. The van der Waals surface area contributed by atoms with Crippen LogP contribution in [0.15, 0.2) is 0 Å². The van der Waals surface area contributed by atoms with Gasteiger partial charge in [-0.1, -0.05) is 0 Å². The Bertz CT molecular complexity index is 335. The molecule has 6 heteroatoms. The molecule has 2 aliphatic rings. The van der Waals surface area contributed by atoms with E-state index in [0.29, 0.717) is 6.54 Å². The number of rotatable bonds is 2. The molecule has 0 aromatic rings. The molecule has 19 heavy (non-hydrogen) atoms. The summed E-state index contributed by atoms with van der Waals surface area (Å²) in [6, 6.07) is 0. The van der Waals surface area contributed by atoms with Crippen molar-refractivity contribution < 1.29 is 14.6 Å². The maximum atomic E-state index is 12.0. The van der Waals surface area contributed by atoms with Gasteiger partial charge in [-0.05, 0) is 46.6 Å². The van der Waals surface area contributed by atoms with Crippen molar-refractivity contribution in [2.75, 3.05) is 19.6 Å². The van der Waals surface area contributed by atoms with E-state index >= 15 is 0 Å². The second-order valence-corrected chi connectivity index (χ2v) is 6.40. The number of hydrogen-bond donors (Lipinski definition) is 3. The van der Waals surface area contributed by atoms with E-state index in [-0.39, 0.29) is 0 Å². The lowest BCUT2D eigenvalue weighted by Gasteiger charge is -2.40. The molecule has 0 aliphatic carbocycles. The van der Waals surface area contributed by atoms with Gasteiger partial charge in [0.2, 0.25) is 0 Å². The molecule has 2 fully saturated rings. The lowest BCUT2D eigenvalue weighted by atomic mass is 10.1. The van der Waals surface area contributed by atoms with Gasteiger partial charge in [0.05, 0.1) is 0 Å². The number of hydrogen-bond acceptors (Lipinski definition) is 5. The first-order chi connectivity index (χ1) is 8.82. The fraction of sp³-hybridized carbons (Fsp3) is 0.923. The van der Waals surface area contributed by atoms with Crippen molar-refractivity contribution in [3.63, 3.8) is 0 Å². The minimum Gasteiger partial charge on any atom is -0.444 e. The van der Waals surface area contributed by atoms with Gasteiger partial charge < -0.3 is 20.5 Å². The molecular formula is C13H25N3O3. The van der Waals surface area contributed by atoms with E-state index in [0.717, 1.165) is 32.4 Å². The van der Waals surface area contributed by atoms with Gasteiger partial charge in [0.1, 0.15) is 17.5 Å². The van der Waals surface area contributed by atoms with Gasteiger partial charge in [-0.3, -0.25) is 4.90 Å². The molecule has 0 saturated carbocycles. The fourth-order valence-corrected chi connectivity index (χ4v) is 2.84. The molecule has 2 rings (SSSR count). The lowest BCUT2D eigenvalue weighted by Crippen LogP contribution is -2.63. The molecule has 0 radical (unpaired) electrons. The number of aliphatic hydroxyl groups excluding tert-OH is 1. The van der Waals surface area contributed by atoms with Crippen LogP contribution >= 0.6 is 0 Å². The average molecular weight is 271 g/mol. The van der Waals surface area contributed by atoms with Gasteiger partial charge in [-0.2, -0.15) is 0 Å². The van der Waals surface area contributed by atoms with Crippen LogP contribution in [-0.4, -0.2) is 53.2 Å². The van der Waals surface area contributed by atoms with Crippen molar-refractivity contribution in [2.45, 2.75) is 57.5 Å². The third-order valence-electron chi connectivity index (χ3n) is 3.64. The molecule has 2 aliphatic heterocycles. The fourth-order valence-electron chi connectivity index (χ4n) is 2.84. The number of nitrogens with zero attached hydrogens (tertiary/aromatic N) is 1. The van der Waals surface area contributed by atoms with E-state index in [2.05, 4.69) is 10.6 Å². The largest absolute Gasteiger partial charge is 0.444 e. The molecule has 2 saturated heterocycles. The van der Waals surface area contributed by atoms with Crippen molar-refractivity contribution in [3.8, 4) is 0 Å². The Balaban J connectivity index is 2.05. The summed E-state index contributed by atoms with van der Waals surface area (Å²) in [4.78, 5) is 14.0. The minimum atomic E-state index is -0.516.